The average molecular weight is 450 g/mol. The highest BCUT2D eigenvalue weighted by molar-refractivity contribution is 5.94. The zero-order valence-corrected chi connectivity index (χ0v) is 18.5. The van der Waals surface area contributed by atoms with Crippen LogP contribution in [0.1, 0.15) is 18.7 Å². The molecule has 0 aliphatic rings. The lowest BCUT2D eigenvalue weighted by molar-refractivity contribution is -0.119. The molecule has 33 heavy (non-hydrogen) atoms. The van der Waals surface area contributed by atoms with Crippen molar-refractivity contribution in [2.75, 3.05) is 19.5 Å². The van der Waals surface area contributed by atoms with Crippen LogP contribution in [-0.2, 0) is 4.79 Å². The molecule has 1 atom stereocenters. The number of methoxy groups -OCH3 is 2. The molecule has 0 saturated carbocycles. The highest BCUT2D eigenvalue weighted by Gasteiger charge is 2.23. The van der Waals surface area contributed by atoms with Crippen LogP contribution in [0, 0.1) is 6.92 Å². The van der Waals surface area contributed by atoms with Gasteiger partial charge in [-0.15, -0.1) is 0 Å². The van der Waals surface area contributed by atoms with Crippen LogP contribution in [0.15, 0.2) is 62.5 Å². The number of nitrogens with zero attached hydrogens (tertiary/aromatic N) is 3. The molecule has 0 aliphatic heterocycles. The molecule has 0 bridgehead atoms. The summed E-state index contributed by atoms with van der Waals surface area (Å²) in [7, 11) is 3.03. The van der Waals surface area contributed by atoms with E-state index in [9.17, 15) is 9.59 Å². The van der Waals surface area contributed by atoms with Crippen LogP contribution < -0.4 is 20.3 Å². The van der Waals surface area contributed by atoms with Gasteiger partial charge in [-0.3, -0.25) is 9.59 Å². The highest BCUT2D eigenvalue weighted by Crippen LogP contribution is 2.30. The molecule has 1 N–H and O–H groups in total. The summed E-state index contributed by atoms with van der Waals surface area (Å²) in [4.78, 5) is 25.9. The molecule has 4 rings (SSSR count). The molecule has 10 nitrogen and oxygen atoms in total. The number of rotatable bonds is 7. The van der Waals surface area contributed by atoms with E-state index in [1.54, 1.807) is 50.2 Å². The maximum atomic E-state index is 13.0. The predicted molar refractivity (Wildman–Crippen MR) is 119 cm³/mol. The van der Waals surface area contributed by atoms with Crippen molar-refractivity contribution in [3.63, 3.8) is 0 Å². The van der Waals surface area contributed by atoms with Crippen LogP contribution in [0.4, 0.5) is 5.69 Å². The quantitative estimate of drug-likeness (QED) is 0.452. The summed E-state index contributed by atoms with van der Waals surface area (Å²) in [6, 6.07) is 10.5. The van der Waals surface area contributed by atoms with Gasteiger partial charge in [0, 0.05) is 36.0 Å². The Morgan fingerprint density at radius 2 is 1.82 bits per heavy atom. The molecule has 10 heteroatoms. The van der Waals surface area contributed by atoms with E-state index in [0.717, 1.165) is 4.68 Å². The molecule has 4 aromatic rings. The number of amides is 1. The number of hydrogen-bond acceptors (Lipinski definition) is 8. The van der Waals surface area contributed by atoms with Gasteiger partial charge in [-0.2, -0.15) is 5.10 Å². The number of anilines is 1. The number of carbonyl (C=O) groups is 1. The SMILES string of the molecule is COc1cc(NC(=O)[C@H](C)n2nc(-c3ccco3)c(-c3cc(C)no3)cc2=O)cc(OC)c1. The standard InChI is InChI=1S/C23H22N4O6/c1-13-8-20(33-26-13)18-12-21(28)27(25-22(18)19-6-5-7-32-19)14(2)23(29)24-15-9-16(30-3)11-17(10-15)31-4/h5-12,14H,1-4H3,(H,24,29)/t14-/m0/s1. The van der Waals surface area contributed by atoms with Gasteiger partial charge in [-0.1, -0.05) is 5.16 Å². The van der Waals surface area contributed by atoms with Crippen molar-refractivity contribution in [2.45, 2.75) is 19.9 Å². The fourth-order valence-corrected chi connectivity index (χ4v) is 3.26. The van der Waals surface area contributed by atoms with E-state index < -0.39 is 17.5 Å². The summed E-state index contributed by atoms with van der Waals surface area (Å²) in [5, 5.41) is 11.1. The Kier molecular flexibility index (Phi) is 5.99. The van der Waals surface area contributed by atoms with Gasteiger partial charge in [0.1, 0.15) is 23.2 Å². The molecule has 1 aromatic carbocycles. The van der Waals surface area contributed by atoms with Crippen LogP contribution in [0.25, 0.3) is 22.8 Å². The lowest BCUT2D eigenvalue weighted by Crippen LogP contribution is -2.33. The largest absolute Gasteiger partial charge is 0.497 e. The van der Waals surface area contributed by atoms with Crippen molar-refractivity contribution in [2.24, 2.45) is 0 Å². The van der Waals surface area contributed by atoms with E-state index in [2.05, 4.69) is 15.6 Å². The maximum Gasteiger partial charge on any atom is 0.268 e. The van der Waals surface area contributed by atoms with Gasteiger partial charge >= 0.3 is 0 Å². The number of hydrogen-bond donors (Lipinski definition) is 1. The molecule has 0 saturated heterocycles. The molecule has 0 unspecified atom stereocenters. The Morgan fingerprint density at radius 1 is 1.09 bits per heavy atom. The number of aromatic nitrogens is 3. The molecule has 1 amide bonds. The number of ether oxygens (including phenoxy) is 2. The molecule has 0 radical (unpaired) electrons. The Balaban J connectivity index is 1.71. The summed E-state index contributed by atoms with van der Waals surface area (Å²) >= 11 is 0. The van der Waals surface area contributed by atoms with Crippen LogP contribution in [0.2, 0.25) is 0 Å². The lowest BCUT2D eigenvalue weighted by Gasteiger charge is -2.16. The lowest BCUT2D eigenvalue weighted by atomic mass is 10.1. The van der Waals surface area contributed by atoms with Crippen LogP contribution in [0.3, 0.4) is 0 Å². The van der Waals surface area contributed by atoms with Crippen LogP contribution in [0.5, 0.6) is 11.5 Å². The predicted octanol–water partition coefficient (Wildman–Crippen LogP) is 3.68. The number of aryl methyl sites for hydroxylation is 1. The third-order valence-corrected chi connectivity index (χ3v) is 4.97. The van der Waals surface area contributed by atoms with E-state index in [1.165, 1.54) is 26.5 Å². The first-order chi connectivity index (χ1) is 15.9. The summed E-state index contributed by atoms with van der Waals surface area (Å²) in [5.74, 6) is 1.36. The van der Waals surface area contributed by atoms with Gasteiger partial charge in [0.15, 0.2) is 11.5 Å². The van der Waals surface area contributed by atoms with Crippen LogP contribution >= 0.6 is 0 Å². The van der Waals surface area contributed by atoms with E-state index in [0.29, 0.717) is 45.7 Å². The maximum absolute atomic E-state index is 13.0. The Morgan fingerprint density at radius 3 is 2.39 bits per heavy atom. The van der Waals surface area contributed by atoms with E-state index in [-0.39, 0.29) is 0 Å². The second-order valence-corrected chi connectivity index (χ2v) is 7.27. The Labute approximate surface area is 188 Å². The van der Waals surface area contributed by atoms with E-state index >= 15 is 0 Å². The fourth-order valence-electron chi connectivity index (χ4n) is 3.26. The molecular formula is C23H22N4O6. The monoisotopic (exact) mass is 450 g/mol. The number of carbonyl (C=O) groups excluding carboxylic acids is 1. The van der Waals surface area contributed by atoms with Crippen molar-refractivity contribution in [1.29, 1.82) is 0 Å². The number of nitrogens with one attached hydrogen (secondary N) is 1. The Hall–Kier alpha value is -4.34. The number of furan rings is 1. The second-order valence-electron chi connectivity index (χ2n) is 7.27. The van der Waals surface area contributed by atoms with Crippen molar-refractivity contribution < 1.29 is 23.2 Å². The first kappa shape index (κ1) is 21.9. The highest BCUT2D eigenvalue weighted by atomic mass is 16.5. The molecule has 3 aromatic heterocycles. The van der Waals surface area contributed by atoms with E-state index in [4.69, 9.17) is 18.4 Å². The van der Waals surface area contributed by atoms with Gasteiger partial charge in [-0.25, -0.2) is 4.68 Å². The normalized spacial score (nSPS) is 11.8. The molecule has 0 fully saturated rings. The van der Waals surface area contributed by atoms with Crippen molar-refractivity contribution in [3.8, 4) is 34.3 Å². The summed E-state index contributed by atoms with van der Waals surface area (Å²) in [6.07, 6.45) is 1.49. The van der Waals surface area contributed by atoms with Crippen LogP contribution in [-0.4, -0.2) is 35.1 Å². The summed E-state index contributed by atoms with van der Waals surface area (Å²) in [6.45, 7) is 3.35. The first-order valence-electron chi connectivity index (χ1n) is 10.0. The average Bonchev–Trinajstić information content (AvgIpc) is 3.50. The minimum Gasteiger partial charge on any atom is -0.497 e. The molecule has 0 aliphatic carbocycles. The van der Waals surface area contributed by atoms with Crippen molar-refractivity contribution in [3.05, 3.63) is 64.8 Å². The van der Waals surface area contributed by atoms with Gasteiger partial charge < -0.3 is 23.7 Å². The number of benzene rings is 1. The summed E-state index contributed by atoms with van der Waals surface area (Å²) < 4.78 is 22.4. The van der Waals surface area contributed by atoms with Gasteiger partial charge in [0.2, 0.25) is 5.91 Å². The second kappa shape index (κ2) is 9.03. The third kappa shape index (κ3) is 4.49. The molecule has 3 heterocycles. The van der Waals surface area contributed by atoms with Crippen molar-refractivity contribution in [1.82, 2.24) is 14.9 Å². The molecule has 0 spiro atoms. The minimum atomic E-state index is -0.936. The third-order valence-electron chi connectivity index (χ3n) is 4.97. The molecular weight excluding hydrogens is 428 g/mol. The van der Waals surface area contributed by atoms with E-state index in [1.807, 2.05) is 0 Å². The Bertz CT molecular complexity index is 1320. The topological polar surface area (TPSA) is 122 Å². The molecule has 170 valence electrons. The minimum absolute atomic E-state index is 0.346. The zero-order chi connectivity index (χ0) is 23.5. The van der Waals surface area contributed by atoms with Gasteiger partial charge in [-0.05, 0) is 26.0 Å². The van der Waals surface area contributed by atoms with Crippen molar-refractivity contribution >= 4 is 11.6 Å². The first-order valence-corrected chi connectivity index (χ1v) is 10.0. The smallest absolute Gasteiger partial charge is 0.268 e. The summed E-state index contributed by atoms with van der Waals surface area (Å²) in [5.41, 5.74) is 1.38. The van der Waals surface area contributed by atoms with Gasteiger partial charge in [0.25, 0.3) is 5.56 Å². The van der Waals surface area contributed by atoms with Gasteiger partial charge in [0.05, 0.1) is 31.7 Å². The fraction of sp³-hybridized carbons (Fsp3) is 0.217. The zero-order valence-electron chi connectivity index (χ0n) is 18.5.